The van der Waals surface area contributed by atoms with E-state index in [2.05, 4.69) is 24.3 Å². The molecule has 0 spiro atoms. The second kappa shape index (κ2) is 3.42. The first-order valence-corrected chi connectivity index (χ1v) is 6.06. The maximum Gasteiger partial charge on any atom is 0.140 e. The number of carbonyl (C=O) groups is 1. The van der Waals surface area contributed by atoms with Crippen molar-refractivity contribution in [2.24, 2.45) is 11.1 Å². The lowest BCUT2D eigenvalue weighted by Crippen LogP contribution is -2.29. The number of fused-ring (bicyclic) bond motifs is 1. The Bertz CT molecular complexity index is 434. The molecule has 2 aliphatic carbocycles. The minimum absolute atomic E-state index is 0.121. The first kappa shape index (κ1) is 10.0. The molecule has 1 aromatic rings. The summed E-state index contributed by atoms with van der Waals surface area (Å²) >= 11 is 0. The van der Waals surface area contributed by atoms with Gasteiger partial charge in [-0.3, -0.25) is 4.79 Å². The smallest absolute Gasteiger partial charge is 0.140 e. The first-order chi connectivity index (χ1) is 7.75. The summed E-state index contributed by atoms with van der Waals surface area (Å²) in [5, 5.41) is 0. The van der Waals surface area contributed by atoms with Crippen LogP contribution in [0.1, 0.15) is 36.3 Å². The molecule has 0 heterocycles. The van der Waals surface area contributed by atoms with Crippen molar-refractivity contribution in [3.8, 4) is 0 Å². The van der Waals surface area contributed by atoms with Gasteiger partial charge in [0.25, 0.3) is 0 Å². The van der Waals surface area contributed by atoms with Gasteiger partial charge in [-0.05, 0) is 36.3 Å². The topological polar surface area (TPSA) is 43.1 Å². The lowest BCUT2D eigenvalue weighted by Gasteiger charge is -2.30. The molecule has 2 aliphatic rings. The van der Waals surface area contributed by atoms with Crippen molar-refractivity contribution in [2.75, 3.05) is 6.54 Å². The number of ketones is 1. The van der Waals surface area contributed by atoms with Gasteiger partial charge < -0.3 is 5.73 Å². The van der Waals surface area contributed by atoms with Crippen LogP contribution in [0.15, 0.2) is 24.3 Å². The molecule has 3 rings (SSSR count). The SMILES string of the molecule is NCC1(C(=O)CC2Cc3ccccc32)CC1. The molecule has 16 heavy (non-hydrogen) atoms. The van der Waals surface area contributed by atoms with Gasteiger partial charge in [0.1, 0.15) is 5.78 Å². The van der Waals surface area contributed by atoms with E-state index in [0.29, 0.717) is 24.7 Å². The van der Waals surface area contributed by atoms with Crippen LogP contribution in [0.5, 0.6) is 0 Å². The minimum atomic E-state index is -0.121. The molecule has 1 fully saturated rings. The summed E-state index contributed by atoms with van der Waals surface area (Å²) in [6.45, 7) is 0.542. The molecule has 2 nitrogen and oxygen atoms in total. The van der Waals surface area contributed by atoms with Crippen LogP contribution in [-0.4, -0.2) is 12.3 Å². The van der Waals surface area contributed by atoms with Gasteiger partial charge in [-0.2, -0.15) is 0 Å². The summed E-state index contributed by atoms with van der Waals surface area (Å²) < 4.78 is 0. The lowest BCUT2D eigenvalue weighted by molar-refractivity contribution is -0.124. The molecule has 2 N–H and O–H groups in total. The highest BCUT2D eigenvalue weighted by Gasteiger charge is 2.48. The lowest BCUT2D eigenvalue weighted by atomic mass is 9.73. The van der Waals surface area contributed by atoms with Crippen molar-refractivity contribution in [1.29, 1.82) is 0 Å². The summed E-state index contributed by atoms with van der Waals surface area (Å²) in [6.07, 6.45) is 3.80. The third-order valence-electron chi connectivity index (χ3n) is 4.23. The summed E-state index contributed by atoms with van der Waals surface area (Å²) in [7, 11) is 0. The fourth-order valence-corrected chi connectivity index (χ4v) is 2.73. The monoisotopic (exact) mass is 215 g/mol. The molecule has 2 heteroatoms. The number of hydrogen-bond acceptors (Lipinski definition) is 2. The van der Waals surface area contributed by atoms with E-state index in [1.807, 2.05) is 0 Å². The zero-order valence-electron chi connectivity index (χ0n) is 9.41. The zero-order chi connectivity index (χ0) is 11.2. The Morgan fingerprint density at radius 3 is 2.75 bits per heavy atom. The van der Waals surface area contributed by atoms with Gasteiger partial charge in [-0.25, -0.2) is 0 Å². The molecule has 0 radical (unpaired) electrons. The van der Waals surface area contributed by atoms with Crippen LogP contribution < -0.4 is 5.73 Å². The van der Waals surface area contributed by atoms with Crippen molar-refractivity contribution in [3.05, 3.63) is 35.4 Å². The van der Waals surface area contributed by atoms with E-state index in [0.717, 1.165) is 19.3 Å². The van der Waals surface area contributed by atoms with Gasteiger partial charge in [0.05, 0.1) is 0 Å². The highest BCUT2D eigenvalue weighted by Crippen LogP contribution is 2.49. The molecule has 0 aliphatic heterocycles. The number of Topliss-reactive ketones (excluding diaryl/α,β-unsaturated/α-hetero) is 1. The van der Waals surface area contributed by atoms with Gasteiger partial charge >= 0.3 is 0 Å². The van der Waals surface area contributed by atoms with Gasteiger partial charge in [-0.15, -0.1) is 0 Å². The third-order valence-corrected chi connectivity index (χ3v) is 4.23. The van der Waals surface area contributed by atoms with E-state index in [9.17, 15) is 4.79 Å². The molecule has 0 amide bonds. The van der Waals surface area contributed by atoms with E-state index < -0.39 is 0 Å². The van der Waals surface area contributed by atoms with Crippen LogP contribution in [0.4, 0.5) is 0 Å². The van der Waals surface area contributed by atoms with Gasteiger partial charge in [0, 0.05) is 18.4 Å². The van der Waals surface area contributed by atoms with Crippen molar-refractivity contribution >= 4 is 5.78 Å². The number of hydrogen-bond donors (Lipinski definition) is 1. The summed E-state index contributed by atoms with van der Waals surface area (Å²) in [5.74, 6) is 0.863. The van der Waals surface area contributed by atoms with Gasteiger partial charge in [0.2, 0.25) is 0 Å². The average Bonchev–Trinajstić information content (AvgIpc) is 3.06. The largest absolute Gasteiger partial charge is 0.329 e. The summed E-state index contributed by atoms with van der Waals surface area (Å²) in [4.78, 5) is 12.1. The maximum atomic E-state index is 12.1. The Morgan fingerprint density at radius 1 is 1.38 bits per heavy atom. The second-order valence-electron chi connectivity index (χ2n) is 5.21. The minimum Gasteiger partial charge on any atom is -0.329 e. The normalized spacial score (nSPS) is 24.4. The zero-order valence-corrected chi connectivity index (χ0v) is 9.41. The van der Waals surface area contributed by atoms with E-state index in [-0.39, 0.29) is 5.41 Å². The van der Waals surface area contributed by atoms with E-state index in [1.165, 1.54) is 11.1 Å². The van der Waals surface area contributed by atoms with Gasteiger partial charge in [-0.1, -0.05) is 24.3 Å². The van der Waals surface area contributed by atoms with Crippen LogP contribution >= 0.6 is 0 Å². The molecular weight excluding hydrogens is 198 g/mol. The van der Waals surface area contributed by atoms with Crippen LogP contribution in [0, 0.1) is 5.41 Å². The number of rotatable bonds is 4. The van der Waals surface area contributed by atoms with Crippen molar-refractivity contribution < 1.29 is 4.79 Å². The van der Waals surface area contributed by atoms with E-state index >= 15 is 0 Å². The molecule has 84 valence electrons. The Hall–Kier alpha value is -1.15. The Morgan fingerprint density at radius 2 is 2.12 bits per heavy atom. The Labute approximate surface area is 95.8 Å². The third kappa shape index (κ3) is 1.40. The summed E-state index contributed by atoms with van der Waals surface area (Å²) in [6, 6.07) is 8.44. The van der Waals surface area contributed by atoms with Gasteiger partial charge in [0.15, 0.2) is 0 Å². The molecular formula is C14H17NO. The number of nitrogens with two attached hydrogens (primary N) is 1. The van der Waals surface area contributed by atoms with Crippen LogP contribution in [-0.2, 0) is 11.2 Å². The molecule has 0 bridgehead atoms. The predicted octanol–water partition coefficient (Wildman–Crippen LogP) is 2.02. The Balaban J connectivity index is 1.68. The fraction of sp³-hybridized carbons (Fsp3) is 0.500. The number of benzene rings is 1. The quantitative estimate of drug-likeness (QED) is 0.835. The maximum absolute atomic E-state index is 12.1. The second-order valence-corrected chi connectivity index (χ2v) is 5.21. The highest BCUT2D eigenvalue weighted by molar-refractivity contribution is 5.88. The van der Waals surface area contributed by atoms with Crippen LogP contribution in [0.3, 0.4) is 0 Å². The molecule has 1 unspecified atom stereocenters. The Kier molecular flexibility index (Phi) is 2.15. The first-order valence-electron chi connectivity index (χ1n) is 6.06. The van der Waals surface area contributed by atoms with E-state index in [1.54, 1.807) is 0 Å². The molecule has 0 saturated heterocycles. The van der Waals surface area contributed by atoms with Crippen LogP contribution in [0.25, 0.3) is 0 Å². The van der Waals surface area contributed by atoms with Crippen molar-refractivity contribution in [3.63, 3.8) is 0 Å². The fourth-order valence-electron chi connectivity index (χ4n) is 2.73. The van der Waals surface area contributed by atoms with Crippen molar-refractivity contribution in [1.82, 2.24) is 0 Å². The standard InChI is InChI=1S/C14H17NO/c15-9-14(5-6-14)13(16)8-11-7-10-3-1-2-4-12(10)11/h1-4,11H,5-9,15H2. The highest BCUT2D eigenvalue weighted by atomic mass is 16.1. The summed E-state index contributed by atoms with van der Waals surface area (Å²) in [5.41, 5.74) is 8.35. The molecule has 0 aromatic heterocycles. The molecule has 1 atom stereocenters. The van der Waals surface area contributed by atoms with Crippen LogP contribution in [0.2, 0.25) is 0 Å². The molecule has 1 saturated carbocycles. The molecule has 1 aromatic carbocycles. The van der Waals surface area contributed by atoms with E-state index in [4.69, 9.17) is 5.73 Å². The predicted molar refractivity (Wildman–Crippen MR) is 63.2 cm³/mol. The van der Waals surface area contributed by atoms with Crippen molar-refractivity contribution in [2.45, 2.75) is 31.6 Å². The number of carbonyl (C=O) groups excluding carboxylic acids is 1. The average molecular weight is 215 g/mol.